The highest BCUT2D eigenvalue weighted by molar-refractivity contribution is 7.47. The van der Waals surface area contributed by atoms with Gasteiger partial charge in [0.1, 0.15) is 92.1 Å². The van der Waals surface area contributed by atoms with E-state index in [1.807, 2.05) is 0 Å². The Morgan fingerprint density at radius 3 is 1.05 bits per heavy atom. The molecule has 0 aromatic rings. The zero-order valence-corrected chi connectivity index (χ0v) is 51.6. The molecule has 2 saturated heterocycles. The van der Waals surface area contributed by atoms with Crippen molar-refractivity contribution in [3.05, 3.63) is 0 Å². The van der Waals surface area contributed by atoms with E-state index in [2.05, 4.69) is 13.8 Å². The molecule has 16 atom stereocenters. The average molecular weight is 1230 g/mol. The Morgan fingerprint density at radius 1 is 0.405 bits per heavy atom. The van der Waals surface area contributed by atoms with E-state index in [4.69, 9.17) is 37.5 Å². The number of aliphatic hydroxyl groups is 11. The molecule has 84 heavy (non-hydrogen) atoms. The number of carbonyl (C=O) groups is 2. The molecule has 0 radical (unpaired) electrons. The van der Waals surface area contributed by atoms with Gasteiger partial charge in [-0.2, -0.15) is 0 Å². The fourth-order valence-electron chi connectivity index (χ4n) is 11.1. The third-order valence-corrected chi connectivity index (χ3v) is 17.4. The molecular weight excluding hydrogens is 1120 g/mol. The molecule has 2 aliphatic heterocycles. The van der Waals surface area contributed by atoms with E-state index < -0.39 is 150 Å². The van der Waals surface area contributed by atoms with E-state index in [1.165, 1.54) is 141 Å². The van der Waals surface area contributed by atoms with Crippen LogP contribution in [-0.4, -0.2) is 204 Å². The summed E-state index contributed by atoms with van der Waals surface area (Å²) in [4.78, 5) is 37.6. The van der Waals surface area contributed by atoms with Crippen molar-refractivity contribution in [3.8, 4) is 0 Å². The van der Waals surface area contributed by atoms with Crippen molar-refractivity contribution in [1.82, 2.24) is 0 Å². The summed E-state index contributed by atoms with van der Waals surface area (Å²) in [5, 5.41) is 117. The Bertz CT molecular complexity index is 1670. The highest BCUT2D eigenvalue weighted by Gasteiger charge is 2.58. The number of ether oxygens (including phenoxy) is 6. The van der Waals surface area contributed by atoms with Crippen molar-refractivity contribution in [2.75, 3.05) is 26.4 Å². The zero-order chi connectivity index (χ0) is 61.7. The smallest absolute Gasteiger partial charge is 0.462 e. The lowest BCUT2D eigenvalue weighted by atomic mass is 9.84. The lowest BCUT2D eigenvalue weighted by molar-refractivity contribution is -0.360. The van der Waals surface area contributed by atoms with Gasteiger partial charge in [-0.3, -0.25) is 18.6 Å². The molecule has 0 aromatic carbocycles. The molecule has 2 heterocycles. The molecule has 0 spiro atoms. The van der Waals surface area contributed by atoms with Crippen LogP contribution in [0.5, 0.6) is 0 Å². The van der Waals surface area contributed by atoms with Gasteiger partial charge in [0.25, 0.3) is 0 Å². The first-order valence-electron chi connectivity index (χ1n) is 32.4. The van der Waals surface area contributed by atoms with E-state index in [1.54, 1.807) is 0 Å². The van der Waals surface area contributed by atoms with Gasteiger partial charge in [-0.1, -0.05) is 213 Å². The van der Waals surface area contributed by atoms with Gasteiger partial charge >= 0.3 is 19.8 Å². The van der Waals surface area contributed by atoms with Crippen LogP contribution in [0.3, 0.4) is 0 Å². The molecule has 1 saturated carbocycles. The van der Waals surface area contributed by atoms with Crippen molar-refractivity contribution in [1.29, 1.82) is 0 Å². The molecular formula is C60H113O23P. The van der Waals surface area contributed by atoms with Crippen molar-refractivity contribution in [3.63, 3.8) is 0 Å². The molecule has 12 N–H and O–H groups in total. The number of rotatable bonds is 49. The Morgan fingerprint density at radius 2 is 0.714 bits per heavy atom. The molecule has 3 fully saturated rings. The molecule has 16 unspecified atom stereocenters. The number of unbranched alkanes of at least 4 members (excludes halogenated alkanes) is 31. The van der Waals surface area contributed by atoms with Gasteiger partial charge in [-0.15, -0.1) is 0 Å². The second-order valence-corrected chi connectivity index (χ2v) is 25.1. The molecule has 23 nitrogen and oxygen atoms in total. The largest absolute Gasteiger partial charge is 0.472 e. The second kappa shape index (κ2) is 44.8. The van der Waals surface area contributed by atoms with E-state index >= 15 is 0 Å². The van der Waals surface area contributed by atoms with Crippen LogP contribution in [0.25, 0.3) is 0 Å². The van der Waals surface area contributed by atoms with Crippen LogP contribution in [0, 0.1) is 0 Å². The maximum Gasteiger partial charge on any atom is 0.472 e. The summed E-state index contributed by atoms with van der Waals surface area (Å²) in [6, 6.07) is 0. The molecule has 0 bridgehead atoms. The third-order valence-electron chi connectivity index (χ3n) is 16.4. The monoisotopic (exact) mass is 1230 g/mol. The lowest BCUT2D eigenvalue weighted by Gasteiger charge is -2.49. The van der Waals surface area contributed by atoms with Gasteiger partial charge in [-0.25, -0.2) is 4.57 Å². The fourth-order valence-corrected chi connectivity index (χ4v) is 12.0. The number of esters is 2. The maximum atomic E-state index is 14.1. The van der Waals surface area contributed by atoms with Gasteiger partial charge in [0.15, 0.2) is 18.7 Å². The average Bonchev–Trinajstić information content (AvgIpc) is 3.43. The van der Waals surface area contributed by atoms with E-state index in [-0.39, 0.29) is 12.8 Å². The van der Waals surface area contributed by atoms with Crippen molar-refractivity contribution < 1.29 is 113 Å². The first kappa shape index (κ1) is 76.7. The molecule has 496 valence electrons. The minimum atomic E-state index is -5.63. The molecule has 3 rings (SSSR count). The van der Waals surface area contributed by atoms with Gasteiger partial charge in [0, 0.05) is 12.8 Å². The van der Waals surface area contributed by atoms with Crippen LogP contribution in [0.15, 0.2) is 0 Å². The van der Waals surface area contributed by atoms with Crippen LogP contribution >= 0.6 is 7.82 Å². The normalized spacial score (nSPS) is 30.3. The molecule has 3 aliphatic rings. The highest BCUT2D eigenvalue weighted by Crippen LogP contribution is 2.49. The first-order chi connectivity index (χ1) is 40.4. The van der Waals surface area contributed by atoms with E-state index in [9.17, 15) is 75.2 Å². The minimum Gasteiger partial charge on any atom is -0.462 e. The molecule has 1 aliphatic carbocycles. The standard InChI is InChI=1S/C60H113O23P/c1-3-5-7-9-11-13-15-17-19-21-23-25-27-29-31-33-35-37-46(64)78-42(40-76-45(63)36-34-32-30-28-26-24-22-20-18-16-14-12-10-8-6-4-2)41-77-84(74,75)83-58-56(81-59-54(72)49(67)47(65)43(38-61)79-59)52(70)51(69)53(71)57(58)82-60-55(73)50(68)48(66)44(39-62)80-60/h42-44,47-62,65-73H,3-41H2,1-2H3,(H,74,75). The van der Waals surface area contributed by atoms with E-state index in [0.29, 0.717) is 12.8 Å². The fraction of sp³-hybridized carbons (Fsp3) is 0.967. The summed E-state index contributed by atoms with van der Waals surface area (Å²) in [7, 11) is -5.63. The van der Waals surface area contributed by atoms with Crippen molar-refractivity contribution in [2.45, 2.75) is 343 Å². The number of phosphoric ester groups is 1. The van der Waals surface area contributed by atoms with Crippen molar-refractivity contribution >= 4 is 19.8 Å². The number of carbonyl (C=O) groups excluding carboxylic acids is 2. The number of hydrogen-bond acceptors (Lipinski definition) is 22. The van der Waals surface area contributed by atoms with Gasteiger partial charge in [-0.05, 0) is 12.8 Å². The number of phosphoric acid groups is 1. The quantitative estimate of drug-likeness (QED) is 0.0186. The Hall–Kier alpha value is -1.55. The number of hydrogen-bond donors (Lipinski definition) is 12. The molecule has 0 amide bonds. The Labute approximate surface area is 500 Å². The van der Waals surface area contributed by atoms with Crippen LogP contribution < -0.4 is 0 Å². The molecule has 0 aromatic heterocycles. The Kier molecular flexibility index (Phi) is 40.9. The van der Waals surface area contributed by atoms with Gasteiger partial charge in [0.2, 0.25) is 0 Å². The Balaban J connectivity index is 1.65. The predicted molar refractivity (Wildman–Crippen MR) is 310 cm³/mol. The highest BCUT2D eigenvalue weighted by atomic mass is 31.2. The number of aliphatic hydroxyl groups excluding tert-OH is 11. The zero-order valence-electron chi connectivity index (χ0n) is 50.7. The van der Waals surface area contributed by atoms with E-state index in [0.717, 1.165) is 57.8 Å². The topological polar surface area (TPSA) is 368 Å². The van der Waals surface area contributed by atoms with Crippen LogP contribution in [0.2, 0.25) is 0 Å². The van der Waals surface area contributed by atoms with Crippen LogP contribution in [0.4, 0.5) is 0 Å². The van der Waals surface area contributed by atoms with Crippen LogP contribution in [0.1, 0.15) is 239 Å². The minimum absolute atomic E-state index is 0.0242. The lowest BCUT2D eigenvalue weighted by Crippen LogP contribution is -2.69. The first-order valence-corrected chi connectivity index (χ1v) is 33.9. The van der Waals surface area contributed by atoms with Gasteiger partial charge < -0.3 is 89.5 Å². The second-order valence-electron chi connectivity index (χ2n) is 23.7. The summed E-state index contributed by atoms with van der Waals surface area (Å²) < 4.78 is 58.3. The summed E-state index contributed by atoms with van der Waals surface area (Å²) in [6.45, 7) is 1.07. The predicted octanol–water partition coefficient (Wildman–Crippen LogP) is 6.10. The maximum absolute atomic E-state index is 14.1. The summed E-state index contributed by atoms with van der Waals surface area (Å²) in [6.07, 6.45) is 3.42. The van der Waals surface area contributed by atoms with Gasteiger partial charge in [0.05, 0.1) is 19.8 Å². The summed E-state index contributed by atoms with van der Waals surface area (Å²) >= 11 is 0. The summed E-state index contributed by atoms with van der Waals surface area (Å²) in [5.41, 5.74) is 0. The van der Waals surface area contributed by atoms with Crippen molar-refractivity contribution in [2.24, 2.45) is 0 Å². The molecule has 24 heteroatoms. The SMILES string of the molecule is CCCCCCCCCCCCCCCCCCCC(=O)OC(COC(=O)CCCCCCCCCCCCCCCCCC)COP(=O)(O)OC1C(OC2OC(CO)C(O)C(O)C2O)C(O)C(O)C(O)C1OC1OC(CO)C(O)C(O)C1O. The summed E-state index contributed by atoms with van der Waals surface area (Å²) in [5.74, 6) is -1.32. The van der Waals surface area contributed by atoms with Crippen LogP contribution in [-0.2, 0) is 51.6 Å². The third kappa shape index (κ3) is 29.4.